The molecule has 4 rings (SSSR count). The number of rotatable bonds is 5. The van der Waals surface area contributed by atoms with E-state index in [0.29, 0.717) is 74.4 Å². The van der Waals surface area contributed by atoms with Crippen LogP contribution in [0.1, 0.15) is 26.2 Å². The summed E-state index contributed by atoms with van der Waals surface area (Å²) in [5.74, 6) is 1.85. The first-order valence-electron chi connectivity index (χ1n) is 10.4. The van der Waals surface area contributed by atoms with Crippen LogP contribution < -0.4 is 0 Å². The average molecular weight is 454 g/mol. The topological polar surface area (TPSA) is 82.8 Å². The quantitative estimate of drug-likeness (QED) is 0.692. The molecule has 2 fully saturated rings. The zero-order valence-corrected chi connectivity index (χ0v) is 18.9. The van der Waals surface area contributed by atoms with Gasteiger partial charge in [0, 0.05) is 49.9 Å². The maximum absolute atomic E-state index is 13.1. The lowest BCUT2D eigenvalue weighted by Crippen LogP contribution is -2.55. The van der Waals surface area contributed by atoms with Crippen LogP contribution in [0.3, 0.4) is 0 Å². The van der Waals surface area contributed by atoms with Crippen LogP contribution in [0.4, 0.5) is 0 Å². The summed E-state index contributed by atoms with van der Waals surface area (Å²) in [6.07, 6.45) is 1.09. The van der Waals surface area contributed by atoms with E-state index in [1.54, 1.807) is 20.7 Å². The lowest BCUT2D eigenvalue weighted by atomic mass is 9.94. The van der Waals surface area contributed by atoms with E-state index in [9.17, 15) is 8.42 Å². The fraction of sp³-hybridized carbons (Fsp3) is 0.600. The van der Waals surface area contributed by atoms with E-state index in [2.05, 4.69) is 28.9 Å². The molecule has 2 aromatic rings. The lowest BCUT2D eigenvalue weighted by Gasteiger charge is -2.40. The summed E-state index contributed by atoms with van der Waals surface area (Å²) in [6.45, 7) is 8.20. The van der Waals surface area contributed by atoms with Crippen LogP contribution in [-0.2, 0) is 16.8 Å². The SMILES string of the molecule is CC1CC(C)CN(S(=O)(=O)N2CCN(Cc3nc(-c4ccc(Cl)cc4)no3)CC2)C1. The standard InChI is InChI=1S/C20H28ClN5O3S/c1-15-11-16(2)13-26(12-15)30(27,28)25-9-7-24(8-10-25)14-19-22-20(23-29-19)17-3-5-18(21)6-4-17/h3-6,15-16H,7-14H2,1-2H3. The summed E-state index contributed by atoms with van der Waals surface area (Å²) in [7, 11) is -3.40. The molecule has 0 amide bonds. The predicted octanol–water partition coefficient (Wildman–Crippen LogP) is 2.73. The third-order valence-corrected chi connectivity index (χ3v) is 7.97. The highest BCUT2D eigenvalue weighted by molar-refractivity contribution is 7.86. The Morgan fingerprint density at radius 3 is 2.30 bits per heavy atom. The molecule has 2 atom stereocenters. The number of piperazine rings is 1. The first-order valence-corrected chi connectivity index (χ1v) is 12.1. The summed E-state index contributed by atoms with van der Waals surface area (Å²) in [6, 6.07) is 7.28. The Kier molecular flexibility index (Phi) is 6.45. The number of piperidine rings is 1. The molecular weight excluding hydrogens is 426 g/mol. The van der Waals surface area contributed by atoms with Gasteiger partial charge in [-0.15, -0.1) is 0 Å². The van der Waals surface area contributed by atoms with E-state index in [0.717, 1.165) is 12.0 Å². The third-order valence-electron chi connectivity index (χ3n) is 5.75. The van der Waals surface area contributed by atoms with Crippen LogP contribution in [-0.4, -0.2) is 71.3 Å². The van der Waals surface area contributed by atoms with Crippen LogP contribution >= 0.6 is 11.6 Å². The molecule has 8 nitrogen and oxygen atoms in total. The van der Waals surface area contributed by atoms with E-state index in [-0.39, 0.29) is 0 Å². The van der Waals surface area contributed by atoms with E-state index >= 15 is 0 Å². The largest absolute Gasteiger partial charge is 0.338 e. The minimum absolute atomic E-state index is 0.400. The second kappa shape index (κ2) is 8.92. The van der Waals surface area contributed by atoms with Gasteiger partial charge in [-0.2, -0.15) is 22.0 Å². The molecule has 164 valence electrons. The zero-order chi connectivity index (χ0) is 21.3. The van der Waals surface area contributed by atoms with Crippen molar-refractivity contribution in [1.82, 2.24) is 23.7 Å². The van der Waals surface area contributed by atoms with Crippen LogP contribution in [0.25, 0.3) is 11.4 Å². The molecule has 0 N–H and O–H groups in total. The van der Waals surface area contributed by atoms with Crippen LogP contribution in [0.5, 0.6) is 0 Å². The van der Waals surface area contributed by atoms with Gasteiger partial charge in [-0.3, -0.25) is 4.90 Å². The number of aromatic nitrogens is 2. The zero-order valence-electron chi connectivity index (χ0n) is 17.4. The molecule has 0 aliphatic carbocycles. The van der Waals surface area contributed by atoms with E-state index in [1.807, 2.05) is 12.1 Å². The monoisotopic (exact) mass is 453 g/mol. The smallest absolute Gasteiger partial charge is 0.282 e. The number of hydrogen-bond donors (Lipinski definition) is 0. The van der Waals surface area contributed by atoms with Crippen molar-refractivity contribution in [2.24, 2.45) is 11.8 Å². The van der Waals surface area contributed by atoms with E-state index in [4.69, 9.17) is 16.1 Å². The molecule has 3 heterocycles. The molecule has 10 heteroatoms. The van der Waals surface area contributed by atoms with Gasteiger partial charge >= 0.3 is 0 Å². The number of hydrogen-bond acceptors (Lipinski definition) is 6. The summed E-state index contributed by atoms with van der Waals surface area (Å²) in [5.41, 5.74) is 0.843. The summed E-state index contributed by atoms with van der Waals surface area (Å²) < 4.78 is 34.8. The van der Waals surface area contributed by atoms with Crippen molar-refractivity contribution in [2.75, 3.05) is 39.3 Å². The Bertz CT molecular complexity index is 947. The number of benzene rings is 1. The normalized spacial score (nSPS) is 24.9. The van der Waals surface area contributed by atoms with E-state index in [1.165, 1.54) is 0 Å². The van der Waals surface area contributed by atoms with Crippen molar-refractivity contribution in [3.8, 4) is 11.4 Å². The van der Waals surface area contributed by atoms with Gasteiger partial charge in [0.1, 0.15) is 0 Å². The van der Waals surface area contributed by atoms with Crippen LogP contribution in [0.15, 0.2) is 28.8 Å². The molecule has 0 radical (unpaired) electrons. The Labute approximate surface area is 183 Å². The molecule has 2 aliphatic heterocycles. The Hall–Kier alpha value is -1.52. The lowest BCUT2D eigenvalue weighted by molar-refractivity contribution is 0.150. The molecule has 1 aromatic heterocycles. The first-order chi connectivity index (χ1) is 14.3. The fourth-order valence-electron chi connectivity index (χ4n) is 4.30. The maximum atomic E-state index is 13.1. The summed E-state index contributed by atoms with van der Waals surface area (Å²) in [5, 5.41) is 4.70. The van der Waals surface area contributed by atoms with Crippen molar-refractivity contribution in [2.45, 2.75) is 26.8 Å². The second-order valence-corrected chi connectivity index (χ2v) is 10.8. The molecule has 0 saturated carbocycles. The molecule has 0 spiro atoms. The molecule has 0 bridgehead atoms. The Balaban J connectivity index is 1.33. The van der Waals surface area contributed by atoms with Crippen molar-refractivity contribution in [3.63, 3.8) is 0 Å². The summed E-state index contributed by atoms with van der Waals surface area (Å²) in [4.78, 5) is 6.60. The highest BCUT2D eigenvalue weighted by atomic mass is 35.5. The van der Waals surface area contributed by atoms with Gasteiger partial charge in [-0.25, -0.2) is 0 Å². The Morgan fingerprint density at radius 2 is 1.67 bits per heavy atom. The number of halogens is 1. The molecular formula is C20H28ClN5O3S. The second-order valence-electron chi connectivity index (χ2n) is 8.46. The first kappa shape index (κ1) is 21.7. The van der Waals surface area contributed by atoms with Crippen LogP contribution in [0, 0.1) is 11.8 Å². The minimum Gasteiger partial charge on any atom is -0.338 e. The van der Waals surface area contributed by atoms with Gasteiger partial charge < -0.3 is 4.52 Å². The van der Waals surface area contributed by atoms with Crippen molar-refractivity contribution < 1.29 is 12.9 Å². The predicted molar refractivity (Wildman–Crippen MR) is 115 cm³/mol. The van der Waals surface area contributed by atoms with Crippen molar-refractivity contribution in [3.05, 3.63) is 35.2 Å². The van der Waals surface area contributed by atoms with Gasteiger partial charge in [-0.1, -0.05) is 30.6 Å². The third kappa shape index (κ3) is 4.86. The van der Waals surface area contributed by atoms with Gasteiger partial charge in [0.2, 0.25) is 11.7 Å². The molecule has 2 unspecified atom stereocenters. The molecule has 30 heavy (non-hydrogen) atoms. The highest BCUT2D eigenvalue weighted by Gasteiger charge is 2.36. The average Bonchev–Trinajstić information content (AvgIpc) is 3.16. The van der Waals surface area contributed by atoms with Crippen LogP contribution in [0.2, 0.25) is 5.02 Å². The van der Waals surface area contributed by atoms with Crippen molar-refractivity contribution >= 4 is 21.8 Å². The Morgan fingerprint density at radius 1 is 1.03 bits per heavy atom. The van der Waals surface area contributed by atoms with Gasteiger partial charge in [0.05, 0.1) is 6.54 Å². The molecule has 2 aliphatic rings. The minimum atomic E-state index is -3.40. The van der Waals surface area contributed by atoms with Gasteiger partial charge in [0.25, 0.3) is 10.2 Å². The van der Waals surface area contributed by atoms with Gasteiger partial charge in [0.15, 0.2) is 0 Å². The van der Waals surface area contributed by atoms with Crippen molar-refractivity contribution in [1.29, 1.82) is 0 Å². The maximum Gasteiger partial charge on any atom is 0.282 e. The molecule has 2 saturated heterocycles. The highest BCUT2D eigenvalue weighted by Crippen LogP contribution is 2.25. The fourth-order valence-corrected chi connectivity index (χ4v) is 6.27. The van der Waals surface area contributed by atoms with Gasteiger partial charge in [-0.05, 0) is 42.5 Å². The number of nitrogens with zero attached hydrogens (tertiary/aromatic N) is 5. The van der Waals surface area contributed by atoms with E-state index < -0.39 is 10.2 Å². The summed E-state index contributed by atoms with van der Waals surface area (Å²) >= 11 is 5.92. The molecule has 1 aromatic carbocycles.